The number of methoxy groups -OCH3 is 2. The topological polar surface area (TPSA) is 84.4 Å². The average molecular weight is 477 g/mol. The molecule has 1 unspecified atom stereocenters. The van der Waals surface area contributed by atoms with Crippen molar-refractivity contribution < 1.29 is 9.47 Å². The van der Waals surface area contributed by atoms with Crippen LogP contribution in [-0.2, 0) is 0 Å². The molecule has 4 rings (SSSR count). The van der Waals surface area contributed by atoms with Gasteiger partial charge in [-0.1, -0.05) is 23.2 Å². The summed E-state index contributed by atoms with van der Waals surface area (Å²) in [5.41, 5.74) is 1.84. The number of benzene rings is 1. The fourth-order valence-electron chi connectivity index (χ4n) is 3.96. The molecule has 2 aromatic heterocycles. The van der Waals surface area contributed by atoms with Crippen LogP contribution in [0.3, 0.4) is 0 Å². The largest absolute Gasteiger partial charge is 0.495 e. The second-order valence-corrected chi connectivity index (χ2v) is 8.58. The Labute approximate surface area is 197 Å². The molecule has 1 aliphatic rings. The number of pyridine rings is 1. The minimum absolute atomic E-state index is 0.362. The lowest BCUT2D eigenvalue weighted by atomic mass is 10.1. The molecule has 0 saturated carbocycles. The molecule has 170 valence electrons. The normalized spacial score (nSPS) is 16.4. The Hall–Kier alpha value is -2.55. The van der Waals surface area contributed by atoms with Gasteiger partial charge >= 0.3 is 0 Å². The molecule has 32 heavy (non-hydrogen) atoms. The minimum atomic E-state index is 0.362. The third-order valence-corrected chi connectivity index (χ3v) is 6.42. The summed E-state index contributed by atoms with van der Waals surface area (Å²) < 4.78 is 10.9. The van der Waals surface area contributed by atoms with Crippen molar-refractivity contribution in [2.75, 3.05) is 58.6 Å². The predicted octanol–water partition coefficient (Wildman–Crippen LogP) is 4.42. The van der Waals surface area contributed by atoms with Crippen molar-refractivity contribution in [3.8, 4) is 22.8 Å². The van der Waals surface area contributed by atoms with Crippen molar-refractivity contribution in [2.45, 2.75) is 6.42 Å². The fraction of sp³-hybridized carbons (Fsp3) is 0.409. The van der Waals surface area contributed by atoms with Crippen molar-refractivity contribution in [3.63, 3.8) is 0 Å². The van der Waals surface area contributed by atoms with E-state index in [1.807, 2.05) is 6.07 Å². The number of nitrogens with one attached hydrogen (secondary N) is 2. The second kappa shape index (κ2) is 9.52. The van der Waals surface area contributed by atoms with Gasteiger partial charge < -0.3 is 25.0 Å². The summed E-state index contributed by atoms with van der Waals surface area (Å²) in [6.45, 7) is 2.94. The Morgan fingerprint density at radius 2 is 1.84 bits per heavy atom. The lowest BCUT2D eigenvalue weighted by Gasteiger charge is -2.17. The lowest BCUT2D eigenvalue weighted by molar-refractivity contribution is 0.395. The first kappa shape index (κ1) is 22.6. The molecule has 0 radical (unpaired) electrons. The first-order chi connectivity index (χ1) is 15.4. The Bertz CT molecular complexity index is 1120. The lowest BCUT2D eigenvalue weighted by Crippen LogP contribution is -2.19. The predicted molar refractivity (Wildman–Crippen MR) is 130 cm³/mol. The Balaban J connectivity index is 1.84. The van der Waals surface area contributed by atoms with Crippen molar-refractivity contribution in [1.82, 2.24) is 19.9 Å². The Morgan fingerprint density at radius 1 is 1.12 bits per heavy atom. The molecular weight excluding hydrogens is 451 g/mol. The number of rotatable bonds is 7. The first-order valence-corrected chi connectivity index (χ1v) is 11.1. The smallest absolute Gasteiger partial charge is 0.223 e. The van der Waals surface area contributed by atoms with Crippen molar-refractivity contribution in [2.24, 2.45) is 5.92 Å². The van der Waals surface area contributed by atoms with Crippen LogP contribution < -0.4 is 20.1 Å². The van der Waals surface area contributed by atoms with Gasteiger partial charge in [-0.15, -0.1) is 0 Å². The highest BCUT2D eigenvalue weighted by Crippen LogP contribution is 2.46. The van der Waals surface area contributed by atoms with E-state index in [1.165, 1.54) is 0 Å². The summed E-state index contributed by atoms with van der Waals surface area (Å²) in [5.74, 6) is 2.62. The average Bonchev–Trinajstić information content (AvgIpc) is 3.22. The summed E-state index contributed by atoms with van der Waals surface area (Å²) in [6, 6.07) is 3.53. The van der Waals surface area contributed by atoms with Crippen molar-refractivity contribution >= 4 is 45.9 Å². The van der Waals surface area contributed by atoms with Gasteiger partial charge in [-0.05, 0) is 32.0 Å². The zero-order chi connectivity index (χ0) is 22.8. The molecule has 0 spiro atoms. The van der Waals surface area contributed by atoms with Crippen LogP contribution in [0.5, 0.6) is 11.5 Å². The van der Waals surface area contributed by atoms with Crippen LogP contribution in [0.1, 0.15) is 6.42 Å². The molecule has 1 fully saturated rings. The van der Waals surface area contributed by atoms with E-state index in [2.05, 4.69) is 32.5 Å². The summed E-state index contributed by atoms with van der Waals surface area (Å²) in [6.07, 6.45) is 2.90. The van der Waals surface area contributed by atoms with Crippen LogP contribution >= 0.6 is 23.2 Å². The number of fused-ring (bicyclic) bond motifs is 1. The number of halogens is 2. The van der Waals surface area contributed by atoms with Crippen LogP contribution in [0.15, 0.2) is 18.3 Å². The van der Waals surface area contributed by atoms with E-state index in [0.29, 0.717) is 50.5 Å². The number of nitrogens with zero attached hydrogens (tertiary/aromatic N) is 4. The minimum Gasteiger partial charge on any atom is -0.495 e. The van der Waals surface area contributed by atoms with Gasteiger partial charge in [-0.25, -0.2) is 15.0 Å². The van der Waals surface area contributed by atoms with Crippen LogP contribution in [0.4, 0.5) is 11.8 Å². The van der Waals surface area contributed by atoms with Crippen molar-refractivity contribution in [1.29, 1.82) is 0 Å². The third-order valence-electron chi connectivity index (χ3n) is 5.67. The van der Waals surface area contributed by atoms with E-state index in [4.69, 9.17) is 37.7 Å². The number of ether oxygens (including phenoxy) is 2. The van der Waals surface area contributed by atoms with E-state index < -0.39 is 0 Å². The fourth-order valence-corrected chi connectivity index (χ4v) is 4.65. The van der Waals surface area contributed by atoms with Gasteiger partial charge in [0.1, 0.15) is 17.0 Å². The molecular formula is C22H26Cl2N6O2. The van der Waals surface area contributed by atoms with Gasteiger partial charge in [-0.2, -0.15) is 0 Å². The highest BCUT2D eigenvalue weighted by atomic mass is 35.5. The zero-order valence-corrected chi connectivity index (χ0v) is 20.0. The van der Waals surface area contributed by atoms with E-state index in [1.54, 1.807) is 33.5 Å². The highest BCUT2D eigenvalue weighted by Gasteiger charge is 2.23. The SMILES string of the molecule is CNc1ncc2cc(-c3c(Cl)c(OC)cc(OC)c3Cl)nc(NCC3CCN(C)C3)c2n1. The van der Waals surface area contributed by atoms with Crippen molar-refractivity contribution in [3.05, 3.63) is 28.4 Å². The molecule has 0 amide bonds. The Kier molecular flexibility index (Phi) is 6.74. The molecule has 0 bridgehead atoms. The number of hydrogen-bond acceptors (Lipinski definition) is 8. The van der Waals surface area contributed by atoms with E-state index in [0.717, 1.165) is 37.0 Å². The molecule has 1 saturated heterocycles. The molecule has 3 aromatic rings. The first-order valence-electron chi connectivity index (χ1n) is 10.3. The molecule has 8 nitrogen and oxygen atoms in total. The molecule has 0 aliphatic carbocycles. The standard InChI is InChI=1S/C22H26Cl2N6O2/c1-25-22-27-10-13-7-14(17-18(23)15(31-3)8-16(32-4)19(17)24)28-21(20(13)29-22)26-9-12-5-6-30(2)11-12/h7-8,10,12H,5-6,9,11H2,1-4H3,(H,26,28)(H,25,27,29). The van der Waals surface area contributed by atoms with Gasteiger partial charge in [0, 0.05) is 43.4 Å². The molecule has 1 aliphatic heterocycles. The molecule has 2 N–H and O–H groups in total. The Morgan fingerprint density at radius 3 is 2.44 bits per heavy atom. The van der Waals surface area contributed by atoms with Gasteiger partial charge in [0.05, 0.1) is 30.0 Å². The number of aromatic nitrogens is 3. The molecule has 1 aromatic carbocycles. The maximum absolute atomic E-state index is 6.65. The summed E-state index contributed by atoms with van der Waals surface area (Å²) in [7, 11) is 7.02. The van der Waals surface area contributed by atoms with Crippen LogP contribution in [0.2, 0.25) is 10.0 Å². The highest BCUT2D eigenvalue weighted by molar-refractivity contribution is 6.41. The van der Waals surface area contributed by atoms with Crippen LogP contribution in [-0.4, -0.2) is 67.8 Å². The van der Waals surface area contributed by atoms with E-state index in [-0.39, 0.29) is 0 Å². The monoisotopic (exact) mass is 476 g/mol. The van der Waals surface area contributed by atoms with Gasteiger partial charge in [0.2, 0.25) is 5.95 Å². The second-order valence-electron chi connectivity index (χ2n) is 7.82. The number of anilines is 2. The number of hydrogen-bond donors (Lipinski definition) is 2. The summed E-state index contributed by atoms with van der Waals surface area (Å²) in [4.78, 5) is 16.2. The van der Waals surface area contributed by atoms with E-state index >= 15 is 0 Å². The maximum atomic E-state index is 6.65. The summed E-state index contributed by atoms with van der Waals surface area (Å²) >= 11 is 13.3. The van der Waals surface area contributed by atoms with Crippen LogP contribution in [0, 0.1) is 5.92 Å². The quantitative estimate of drug-likeness (QED) is 0.518. The van der Waals surface area contributed by atoms with Crippen LogP contribution in [0.25, 0.3) is 22.2 Å². The maximum Gasteiger partial charge on any atom is 0.223 e. The third kappa shape index (κ3) is 4.35. The molecule has 3 heterocycles. The zero-order valence-electron chi connectivity index (χ0n) is 18.5. The number of likely N-dealkylation sites (tertiary alicyclic amines) is 1. The van der Waals surface area contributed by atoms with Gasteiger partial charge in [0.15, 0.2) is 5.82 Å². The molecule has 10 heteroatoms. The van der Waals surface area contributed by atoms with E-state index in [9.17, 15) is 0 Å². The summed E-state index contributed by atoms with van der Waals surface area (Å²) in [5, 5.41) is 8.03. The molecule has 1 atom stereocenters. The van der Waals surface area contributed by atoms with Gasteiger partial charge in [0.25, 0.3) is 0 Å². The van der Waals surface area contributed by atoms with Gasteiger partial charge in [-0.3, -0.25) is 0 Å².